The quantitative estimate of drug-likeness (QED) is 0.809. The predicted molar refractivity (Wildman–Crippen MR) is 81.5 cm³/mol. The number of nitrogens with one attached hydrogen (secondary N) is 2. The molecule has 0 spiro atoms. The first kappa shape index (κ1) is 16.0. The van der Waals surface area contributed by atoms with Gasteiger partial charge in [-0.1, -0.05) is 40.6 Å². The molecule has 2 rings (SSSR count). The Morgan fingerprint density at radius 3 is 2.43 bits per heavy atom. The molecule has 21 heavy (non-hydrogen) atoms. The fourth-order valence-electron chi connectivity index (χ4n) is 1.29. The molecule has 1 amide bonds. The van der Waals surface area contributed by atoms with Crippen molar-refractivity contribution in [2.24, 2.45) is 0 Å². The van der Waals surface area contributed by atoms with Crippen LogP contribution < -0.4 is 10.0 Å². The summed E-state index contributed by atoms with van der Waals surface area (Å²) in [4.78, 5) is 10.9. The monoisotopic (exact) mass is 366 g/mol. The van der Waals surface area contributed by atoms with Crippen LogP contribution in [-0.2, 0) is 14.8 Å². The molecule has 0 aliphatic rings. The molecular formula is C10H8Cl2N4O3S2. The number of aromatic nitrogens is 2. The van der Waals surface area contributed by atoms with Crippen molar-refractivity contribution in [2.45, 2.75) is 11.3 Å². The molecule has 0 unspecified atom stereocenters. The average molecular weight is 367 g/mol. The van der Waals surface area contributed by atoms with Crippen LogP contribution >= 0.6 is 34.5 Å². The van der Waals surface area contributed by atoms with Crippen LogP contribution in [0.3, 0.4) is 0 Å². The summed E-state index contributed by atoms with van der Waals surface area (Å²) in [5, 5.41) is 9.80. The zero-order chi connectivity index (χ0) is 15.6. The number of anilines is 2. The molecule has 0 saturated heterocycles. The van der Waals surface area contributed by atoms with E-state index in [1.807, 2.05) is 0 Å². The van der Waals surface area contributed by atoms with Gasteiger partial charge in [0.1, 0.15) is 0 Å². The standard InChI is InChI=1S/C10H8Cl2N4O3S2/c1-5(17)13-9-14-15-10(20-9)21(18,19)16-8-6(11)3-2-4-7(8)12/h2-4,16H,1H3,(H,13,14,17). The van der Waals surface area contributed by atoms with Gasteiger partial charge in [0.15, 0.2) is 0 Å². The summed E-state index contributed by atoms with van der Waals surface area (Å²) in [7, 11) is -4.00. The highest BCUT2D eigenvalue weighted by Crippen LogP contribution is 2.32. The summed E-state index contributed by atoms with van der Waals surface area (Å²) < 4.78 is 26.3. The molecular weight excluding hydrogens is 359 g/mol. The SMILES string of the molecule is CC(=O)Nc1nnc(S(=O)(=O)Nc2c(Cl)cccc2Cl)s1. The summed E-state index contributed by atoms with van der Waals surface area (Å²) in [5.74, 6) is -0.378. The topological polar surface area (TPSA) is 101 Å². The molecule has 7 nitrogen and oxygen atoms in total. The molecule has 0 atom stereocenters. The second kappa shape index (κ2) is 6.14. The van der Waals surface area contributed by atoms with Gasteiger partial charge in [-0.05, 0) is 12.1 Å². The maximum Gasteiger partial charge on any atom is 0.291 e. The summed E-state index contributed by atoms with van der Waals surface area (Å²) in [6.07, 6.45) is 0. The summed E-state index contributed by atoms with van der Waals surface area (Å²) in [6.45, 7) is 1.28. The van der Waals surface area contributed by atoms with Crippen molar-refractivity contribution in [1.82, 2.24) is 10.2 Å². The predicted octanol–water partition coefficient (Wildman–Crippen LogP) is 2.60. The second-order valence-corrected chi connectivity index (χ2v) is 7.40. The lowest BCUT2D eigenvalue weighted by Crippen LogP contribution is -2.13. The average Bonchev–Trinajstić information content (AvgIpc) is 2.82. The molecule has 112 valence electrons. The van der Waals surface area contributed by atoms with E-state index < -0.39 is 10.0 Å². The van der Waals surface area contributed by atoms with Gasteiger partial charge in [-0.25, -0.2) is 0 Å². The van der Waals surface area contributed by atoms with E-state index in [0.29, 0.717) is 11.3 Å². The number of benzene rings is 1. The Balaban J connectivity index is 2.30. The molecule has 0 bridgehead atoms. The highest BCUT2D eigenvalue weighted by atomic mass is 35.5. The molecule has 0 fully saturated rings. The van der Waals surface area contributed by atoms with Crippen LogP contribution in [-0.4, -0.2) is 24.5 Å². The van der Waals surface area contributed by atoms with E-state index in [0.717, 1.165) is 0 Å². The fraction of sp³-hybridized carbons (Fsp3) is 0.100. The summed E-state index contributed by atoms with van der Waals surface area (Å²) in [5.41, 5.74) is 0.0529. The number of hydrogen-bond donors (Lipinski definition) is 2. The fourth-order valence-corrected chi connectivity index (χ4v) is 3.95. The molecule has 2 aromatic rings. The van der Waals surface area contributed by atoms with Gasteiger partial charge in [-0.2, -0.15) is 8.42 Å². The third-order valence-electron chi connectivity index (χ3n) is 2.12. The second-order valence-electron chi connectivity index (χ2n) is 3.76. The van der Waals surface area contributed by atoms with Crippen LogP contribution in [0.4, 0.5) is 10.8 Å². The molecule has 1 aromatic carbocycles. The number of hydrogen-bond acceptors (Lipinski definition) is 6. The first-order valence-electron chi connectivity index (χ1n) is 5.37. The molecule has 0 saturated carbocycles. The van der Waals surface area contributed by atoms with Crippen molar-refractivity contribution in [1.29, 1.82) is 0 Å². The molecule has 2 N–H and O–H groups in total. The van der Waals surface area contributed by atoms with Gasteiger partial charge in [-0.15, -0.1) is 10.2 Å². The van der Waals surface area contributed by atoms with Crippen LogP contribution in [0.5, 0.6) is 0 Å². The lowest BCUT2D eigenvalue weighted by Gasteiger charge is -2.08. The molecule has 0 radical (unpaired) electrons. The number of amides is 1. The summed E-state index contributed by atoms with van der Waals surface area (Å²) >= 11 is 12.5. The molecule has 11 heteroatoms. The minimum atomic E-state index is -4.00. The zero-order valence-corrected chi connectivity index (χ0v) is 13.6. The van der Waals surface area contributed by atoms with Crippen LogP contribution in [0.1, 0.15) is 6.92 Å². The minimum absolute atomic E-state index is 0.0529. The van der Waals surface area contributed by atoms with Crippen LogP contribution in [0.2, 0.25) is 10.0 Å². The maximum absolute atomic E-state index is 12.2. The lowest BCUT2D eigenvalue weighted by molar-refractivity contribution is -0.114. The largest absolute Gasteiger partial charge is 0.301 e. The normalized spacial score (nSPS) is 11.2. The number of rotatable bonds is 4. The Hall–Kier alpha value is -1.42. The summed E-state index contributed by atoms with van der Waals surface area (Å²) in [6, 6.07) is 4.57. The number of para-hydroxylation sites is 1. The lowest BCUT2D eigenvalue weighted by atomic mass is 10.3. The van der Waals surface area contributed by atoms with Crippen molar-refractivity contribution in [2.75, 3.05) is 10.0 Å². The molecule has 1 heterocycles. The minimum Gasteiger partial charge on any atom is -0.301 e. The maximum atomic E-state index is 12.2. The number of halogens is 2. The van der Waals surface area contributed by atoms with Crippen LogP contribution in [0.25, 0.3) is 0 Å². The van der Waals surface area contributed by atoms with Gasteiger partial charge in [0.25, 0.3) is 14.4 Å². The van der Waals surface area contributed by atoms with Crippen molar-refractivity contribution >= 4 is 61.3 Å². The number of sulfonamides is 1. The van der Waals surface area contributed by atoms with Gasteiger partial charge < -0.3 is 5.32 Å². The van der Waals surface area contributed by atoms with Gasteiger partial charge in [0, 0.05) is 6.92 Å². The zero-order valence-electron chi connectivity index (χ0n) is 10.4. The van der Waals surface area contributed by atoms with Crippen molar-refractivity contribution in [3.8, 4) is 0 Å². The highest BCUT2D eigenvalue weighted by Gasteiger charge is 2.22. The Morgan fingerprint density at radius 1 is 1.24 bits per heavy atom. The van der Waals surface area contributed by atoms with E-state index >= 15 is 0 Å². The number of nitrogens with zero attached hydrogens (tertiary/aromatic N) is 2. The van der Waals surface area contributed by atoms with Crippen molar-refractivity contribution in [3.05, 3.63) is 28.2 Å². The van der Waals surface area contributed by atoms with E-state index in [2.05, 4.69) is 20.2 Å². The van der Waals surface area contributed by atoms with Gasteiger partial charge in [0.05, 0.1) is 15.7 Å². The van der Waals surface area contributed by atoms with E-state index in [4.69, 9.17) is 23.2 Å². The Labute approximate surface area is 134 Å². The van der Waals surface area contributed by atoms with E-state index in [9.17, 15) is 13.2 Å². The Kier molecular flexibility index (Phi) is 4.67. The Morgan fingerprint density at radius 2 is 1.86 bits per heavy atom. The van der Waals surface area contributed by atoms with Gasteiger partial charge >= 0.3 is 0 Å². The third-order valence-corrected chi connectivity index (χ3v) is 5.30. The van der Waals surface area contributed by atoms with E-state index in [-0.39, 0.29) is 31.1 Å². The molecule has 0 aliphatic carbocycles. The molecule has 1 aromatic heterocycles. The molecule has 0 aliphatic heterocycles. The Bertz CT molecular complexity index is 771. The van der Waals surface area contributed by atoms with Crippen molar-refractivity contribution < 1.29 is 13.2 Å². The van der Waals surface area contributed by atoms with Gasteiger partial charge in [0.2, 0.25) is 11.0 Å². The first-order chi connectivity index (χ1) is 9.79. The smallest absolute Gasteiger partial charge is 0.291 e. The number of carbonyl (C=O) groups is 1. The number of carbonyl (C=O) groups excluding carboxylic acids is 1. The van der Waals surface area contributed by atoms with Crippen LogP contribution in [0.15, 0.2) is 22.5 Å². The highest BCUT2D eigenvalue weighted by molar-refractivity contribution is 7.94. The van der Waals surface area contributed by atoms with Gasteiger partial charge in [-0.3, -0.25) is 9.52 Å². The third kappa shape index (κ3) is 3.82. The van der Waals surface area contributed by atoms with Crippen molar-refractivity contribution in [3.63, 3.8) is 0 Å². The first-order valence-corrected chi connectivity index (χ1v) is 8.43. The van der Waals surface area contributed by atoms with E-state index in [1.165, 1.54) is 19.1 Å². The van der Waals surface area contributed by atoms with E-state index in [1.54, 1.807) is 6.07 Å². The van der Waals surface area contributed by atoms with Crippen LogP contribution in [0, 0.1) is 0 Å².